The quantitative estimate of drug-likeness (QED) is 0.164. The van der Waals surface area contributed by atoms with Gasteiger partial charge in [0.15, 0.2) is 5.75 Å². The number of aliphatic hydroxyl groups is 1. The second kappa shape index (κ2) is 15.3. The van der Waals surface area contributed by atoms with Crippen LogP contribution in [0.4, 0.5) is 50.0 Å². The van der Waals surface area contributed by atoms with E-state index in [9.17, 15) is 49.4 Å². The third-order valence-corrected chi connectivity index (χ3v) is 8.20. The number of hydrogen-bond donors (Lipinski definition) is 3. The molecule has 0 aliphatic carbocycles. The van der Waals surface area contributed by atoms with Crippen molar-refractivity contribution < 1.29 is 54.2 Å². The van der Waals surface area contributed by atoms with Crippen molar-refractivity contribution in [3.63, 3.8) is 0 Å². The highest BCUT2D eigenvalue weighted by atomic mass is 19.4. The zero-order valence-electron chi connectivity index (χ0n) is 26.2. The van der Waals surface area contributed by atoms with Crippen molar-refractivity contribution in [3.05, 3.63) is 65.1 Å². The van der Waals surface area contributed by atoms with Crippen molar-refractivity contribution in [1.82, 2.24) is 20.0 Å². The maximum atomic E-state index is 14.1. The van der Waals surface area contributed by atoms with Gasteiger partial charge in [0.05, 0.1) is 17.7 Å². The van der Waals surface area contributed by atoms with Crippen LogP contribution in [0.3, 0.4) is 0 Å². The molecule has 2 saturated heterocycles. The van der Waals surface area contributed by atoms with Crippen molar-refractivity contribution in [2.24, 2.45) is 0 Å². The molecule has 0 aromatic heterocycles. The summed E-state index contributed by atoms with van der Waals surface area (Å²) >= 11 is 0. The van der Waals surface area contributed by atoms with Gasteiger partial charge in [0, 0.05) is 95.1 Å². The number of anilines is 1. The summed E-state index contributed by atoms with van der Waals surface area (Å²) in [6.07, 6.45) is -11.8. The Kier molecular flexibility index (Phi) is 11.9. The van der Waals surface area contributed by atoms with Crippen LogP contribution in [-0.2, 0) is 12.4 Å². The summed E-state index contributed by atoms with van der Waals surface area (Å²) in [7, 11) is 1.11. The molecule has 49 heavy (non-hydrogen) atoms. The molecule has 2 aliphatic rings. The molecule has 2 aliphatic heterocycles. The largest absolute Gasteiger partial charge is 0.420 e. The number of likely N-dealkylation sites (tertiary alicyclic amines) is 1. The minimum atomic E-state index is -5.40. The zero-order chi connectivity index (χ0) is 36.1. The number of nitrogens with zero attached hydrogens (tertiary/aromatic N) is 4. The Morgan fingerprint density at radius 2 is 1.67 bits per heavy atom. The highest BCUT2D eigenvalue weighted by molar-refractivity contribution is 6.10. The summed E-state index contributed by atoms with van der Waals surface area (Å²) in [5.74, 6) is -4.74. The number of halogens is 9. The SMILES string of the molecule is CN(C(=O)Oc1c(/C(C=N)=C/NCCN2CCN(CC(O)N3CCC(F)(F)C3)CC2)cc(C(F)(F)F)cc1C(F)(F)F)c1ccc(F)cc1. The molecule has 1 atom stereocenters. The first-order chi connectivity index (χ1) is 22.9. The number of rotatable bonds is 11. The van der Waals surface area contributed by atoms with Gasteiger partial charge in [-0.15, -0.1) is 0 Å². The molecule has 0 saturated carbocycles. The van der Waals surface area contributed by atoms with Crippen LogP contribution >= 0.6 is 0 Å². The summed E-state index contributed by atoms with van der Waals surface area (Å²) in [4.78, 5) is 18.9. The Morgan fingerprint density at radius 3 is 2.22 bits per heavy atom. The van der Waals surface area contributed by atoms with Crippen molar-refractivity contribution in [1.29, 1.82) is 5.41 Å². The fraction of sp³-hybridized carbons (Fsp3) is 0.484. The summed E-state index contributed by atoms with van der Waals surface area (Å²) < 4.78 is 129. The van der Waals surface area contributed by atoms with Crippen LogP contribution in [0.5, 0.6) is 5.75 Å². The summed E-state index contributed by atoms with van der Waals surface area (Å²) in [6.45, 7) is 2.46. The molecular weight excluding hydrogens is 675 g/mol. The van der Waals surface area contributed by atoms with Crippen LogP contribution in [0.2, 0.25) is 0 Å². The maximum absolute atomic E-state index is 14.1. The highest BCUT2D eigenvalue weighted by Gasteiger charge is 2.42. The molecule has 270 valence electrons. The van der Waals surface area contributed by atoms with Gasteiger partial charge in [0.1, 0.15) is 12.0 Å². The van der Waals surface area contributed by atoms with Gasteiger partial charge < -0.3 is 20.6 Å². The van der Waals surface area contributed by atoms with Gasteiger partial charge in [-0.1, -0.05) is 0 Å². The summed E-state index contributed by atoms with van der Waals surface area (Å²) in [5, 5.41) is 20.9. The van der Waals surface area contributed by atoms with E-state index in [4.69, 9.17) is 10.1 Å². The number of nitrogens with one attached hydrogen (secondary N) is 2. The van der Waals surface area contributed by atoms with E-state index in [0.29, 0.717) is 45.0 Å². The Morgan fingerprint density at radius 1 is 1.04 bits per heavy atom. The third kappa shape index (κ3) is 10.1. The van der Waals surface area contributed by atoms with Gasteiger partial charge in [0.2, 0.25) is 0 Å². The predicted molar refractivity (Wildman–Crippen MR) is 162 cm³/mol. The maximum Gasteiger partial charge on any atom is 0.420 e. The standard InChI is InChI=1S/C31H35F9N6O3/c1-43(23-4-2-22(32)3-5-23)28(48)49-27-24(14-21(30(35,36)37)15-25(27)31(38,39)40)20(16-41)17-42-7-9-44-10-12-45(13-11-44)18-26(47)46-8-6-29(33,34)19-46/h2-5,14-17,26,41-42,47H,6-13,18-19H2,1H3/b20-17+,41-16?. The third-order valence-electron chi connectivity index (χ3n) is 8.20. The molecule has 18 heteroatoms. The molecule has 9 nitrogen and oxygen atoms in total. The van der Waals surface area contributed by atoms with Gasteiger partial charge >= 0.3 is 18.4 Å². The Bertz CT molecular complexity index is 1490. The smallest absolute Gasteiger partial charge is 0.409 e. The van der Waals surface area contributed by atoms with E-state index in [1.54, 1.807) is 0 Å². The molecule has 2 aromatic rings. The number of hydrogen-bond acceptors (Lipinski definition) is 8. The normalized spacial score (nSPS) is 18.7. The Balaban J connectivity index is 1.46. The van der Waals surface area contributed by atoms with Crippen molar-refractivity contribution in [2.75, 3.05) is 70.9 Å². The average Bonchev–Trinajstić information content (AvgIpc) is 3.40. The van der Waals surface area contributed by atoms with E-state index in [2.05, 4.69) is 5.32 Å². The Hall–Kier alpha value is -3.87. The molecular formula is C31H35F9N6O3. The second-order valence-corrected chi connectivity index (χ2v) is 11.7. The lowest BCUT2D eigenvalue weighted by atomic mass is 9.98. The average molecular weight is 711 g/mol. The number of carbonyl (C=O) groups excluding carboxylic acids is 1. The van der Waals surface area contributed by atoms with Crippen molar-refractivity contribution in [2.45, 2.75) is 30.9 Å². The molecule has 1 unspecified atom stereocenters. The predicted octanol–water partition coefficient (Wildman–Crippen LogP) is 5.36. The van der Waals surface area contributed by atoms with Crippen LogP contribution in [-0.4, -0.2) is 110 Å². The topological polar surface area (TPSA) is 95.4 Å². The lowest BCUT2D eigenvalue weighted by Gasteiger charge is -2.37. The van der Waals surface area contributed by atoms with E-state index in [1.165, 1.54) is 4.90 Å². The lowest BCUT2D eigenvalue weighted by Crippen LogP contribution is -2.52. The zero-order valence-corrected chi connectivity index (χ0v) is 26.2. The minimum Gasteiger partial charge on any atom is -0.409 e. The summed E-state index contributed by atoms with van der Waals surface area (Å²) in [5.41, 5.74) is -4.84. The molecule has 2 fully saturated rings. The number of aliphatic hydroxyl groups excluding tert-OH is 1. The van der Waals surface area contributed by atoms with Crippen molar-refractivity contribution in [3.8, 4) is 5.75 Å². The molecule has 0 spiro atoms. The van der Waals surface area contributed by atoms with Crippen LogP contribution in [0.25, 0.3) is 5.57 Å². The van der Waals surface area contributed by atoms with Gasteiger partial charge in [0.25, 0.3) is 5.92 Å². The van der Waals surface area contributed by atoms with Crippen LogP contribution in [0, 0.1) is 11.2 Å². The Labute approximate surface area is 276 Å². The van der Waals surface area contributed by atoms with E-state index < -0.39 is 71.0 Å². The van der Waals surface area contributed by atoms with E-state index in [0.717, 1.165) is 42.4 Å². The molecule has 0 radical (unpaired) electrons. The lowest BCUT2D eigenvalue weighted by molar-refractivity contribution is -0.143. The fourth-order valence-corrected chi connectivity index (χ4v) is 5.41. The van der Waals surface area contributed by atoms with Gasteiger partial charge in [-0.2, -0.15) is 26.3 Å². The molecule has 0 bridgehead atoms. The number of amides is 1. The van der Waals surface area contributed by atoms with Crippen LogP contribution in [0.15, 0.2) is 42.6 Å². The molecule has 2 aromatic carbocycles. The first-order valence-corrected chi connectivity index (χ1v) is 15.1. The summed E-state index contributed by atoms with van der Waals surface area (Å²) in [6, 6.07) is 4.42. The monoisotopic (exact) mass is 710 g/mol. The van der Waals surface area contributed by atoms with E-state index >= 15 is 0 Å². The number of carbonyl (C=O) groups is 1. The van der Waals surface area contributed by atoms with Crippen LogP contribution in [0.1, 0.15) is 23.1 Å². The minimum absolute atomic E-state index is 0.0196. The number of alkyl halides is 8. The van der Waals surface area contributed by atoms with Gasteiger partial charge in [-0.25, -0.2) is 18.0 Å². The first kappa shape index (κ1) is 37.9. The number of β-amino-alcohol motifs (C(OH)–C–C–N with tert-alkyl or cyclic N) is 1. The van der Waals surface area contributed by atoms with Gasteiger partial charge in [-0.05, 0) is 36.4 Å². The molecule has 1 amide bonds. The van der Waals surface area contributed by atoms with Crippen LogP contribution < -0.4 is 15.0 Å². The first-order valence-electron chi connectivity index (χ1n) is 15.1. The number of benzene rings is 2. The van der Waals surface area contributed by atoms with E-state index in [-0.39, 0.29) is 37.8 Å². The van der Waals surface area contributed by atoms with Crippen molar-refractivity contribution >= 4 is 23.6 Å². The number of allylic oxidation sites excluding steroid dienone is 1. The molecule has 3 N–H and O–H groups in total. The highest BCUT2D eigenvalue weighted by Crippen LogP contribution is 2.44. The van der Waals surface area contributed by atoms with Gasteiger partial charge in [-0.3, -0.25) is 19.6 Å². The molecule has 2 heterocycles. The second-order valence-electron chi connectivity index (χ2n) is 11.7. The van der Waals surface area contributed by atoms with E-state index in [1.807, 2.05) is 9.80 Å². The fourth-order valence-electron chi connectivity index (χ4n) is 5.41. The molecule has 4 rings (SSSR count). The number of ether oxygens (including phenoxy) is 1. The number of piperazine rings is 1.